The molecule has 0 bridgehead atoms. The topological polar surface area (TPSA) is 33.1 Å². The van der Waals surface area contributed by atoms with E-state index in [4.69, 9.17) is 5.73 Å². The van der Waals surface area contributed by atoms with Crippen LogP contribution < -0.4 is 22.7 Å². The van der Waals surface area contributed by atoms with E-state index >= 15 is 0 Å². The average molecular weight is 315 g/mol. The van der Waals surface area contributed by atoms with Crippen LogP contribution >= 0.6 is 24.8 Å². The van der Waals surface area contributed by atoms with Gasteiger partial charge < -0.3 is 18.1 Å². The van der Waals surface area contributed by atoms with E-state index in [-0.39, 0.29) is 37.2 Å². The highest BCUT2D eigenvalue weighted by Gasteiger charge is 2.24. The van der Waals surface area contributed by atoms with Gasteiger partial charge in [0.15, 0.2) is 18.9 Å². The summed E-state index contributed by atoms with van der Waals surface area (Å²) in [5, 5.41) is 0. The zero-order valence-corrected chi connectivity index (χ0v) is 13.0. The minimum absolute atomic E-state index is 0. The van der Waals surface area contributed by atoms with Crippen molar-refractivity contribution in [3.8, 4) is 0 Å². The Morgan fingerprint density at radius 2 is 2.17 bits per heavy atom. The standard InChI is InChI=1S/C12H20N3.3ClH/c1-14-7-3-5-12(14)11-4-2-8-15(10-11)9-6-13;;;/h2,4,8,10,12H,3,5-7,9,13H2,1H3;3*1H/q+1;;;/p-1/t12-;;;/m0.../s1. The first-order chi connectivity index (χ1) is 7.31. The monoisotopic (exact) mass is 313 g/mol. The molecule has 0 saturated carbocycles. The first-order valence-corrected chi connectivity index (χ1v) is 5.70. The predicted molar refractivity (Wildman–Crippen MR) is 74.8 cm³/mol. The molecule has 0 radical (unpaired) electrons. The fourth-order valence-corrected chi connectivity index (χ4v) is 2.36. The van der Waals surface area contributed by atoms with E-state index in [1.807, 2.05) is 0 Å². The number of hydrogen-bond acceptors (Lipinski definition) is 2. The van der Waals surface area contributed by atoms with Crippen molar-refractivity contribution in [1.82, 2.24) is 4.90 Å². The van der Waals surface area contributed by atoms with Gasteiger partial charge in [-0.15, -0.1) is 24.8 Å². The van der Waals surface area contributed by atoms with Crippen molar-refractivity contribution in [2.24, 2.45) is 5.73 Å². The fraction of sp³-hybridized carbons (Fsp3) is 0.583. The summed E-state index contributed by atoms with van der Waals surface area (Å²) < 4.78 is 2.18. The van der Waals surface area contributed by atoms with Crippen LogP contribution in [0.2, 0.25) is 0 Å². The SMILES string of the molecule is CN1CCC[C@H]1c1ccc[n+](CCN)c1.Cl.Cl.[Cl-]. The van der Waals surface area contributed by atoms with Gasteiger partial charge in [0.05, 0.1) is 6.54 Å². The van der Waals surface area contributed by atoms with E-state index in [0.29, 0.717) is 12.6 Å². The molecule has 1 aromatic heterocycles. The minimum atomic E-state index is 0. The van der Waals surface area contributed by atoms with Crippen molar-refractivity contribution >= 4 is 24.8 Å². The summed E-state index contributed by atoms with van der Waals surface area (Å²) in [4.78, 5) is 2.43. The predicted octanol–water partition coefficient (Wildman–Crippen LogP) is -1.45. The van der Waals surface area contributed by atoms with Gasteiger partial charge in [0.1, 0.15) is 0 Å². The number of nitrogens with two attached hydrogens (primary N) is 1. The molecule has 1 saturated heterocycles. The lowest BCUT2D eigenvalue weighted by atomic mass is 10.1. The van der Waals surface area contributed by atoms with Crippen molar-refractivity contribution in [3.63, 3.8) is 0 Å². The molecule has 1 aliphatic heterocycles. The highest BCUT2D eigenvalue weighted by atomic mass is 35.5. The van der Waals surface area contributed by atoms with Crippen LogP contribution in [0.3, 0.4) is 0 Å². The van der Waals surface area contributed by atoms with Crippen LogP contribution in [0.5, 0.6) is 0 Å². The Labute approximate surface area is 128 Å². The number of halogens is 3. The van der Waals surface area contributed by atoms with E-state index in [0.717, 1.165) is 6.54 Å². The lowest BCUT2D eigenvalue weighted by Gasteiger charge is -2.18. The van der Waals surface area contributed by atoms with Crippen LogP contribution in [0.4, 0.5) is 0 Å². The second-order valence-electron chi connectivity index (χ2n) is 4.30. The first-order valence-electron chi connectivity index (χ1n) is 5.70. The Morgan fingerprint density at radius 3 is 2.72 bits per heavy atom. The summed E-state index contributed by atoms with van der Waals surface area (Å²) in [6, 6.07) is 4.95. The van der Waals surface area contributed by atoms with Gasteiger partial charge in [0.25, 0.3) is 0 Å². The molecule has 0 amide bonds. The van der Waals surface area contributed by atoms with Gasteiger partial charge in [-0.25, -0.2) is 4.57 Å². The summed E-state index contributed by atoms with van der Waals surface area (Å²) in [6.45, 7) is 2.83. The van der Waals surface area contributed by atoms with Crippen LogP contribution in [0.15, 0.2) is 24.5 Å². The van der Waals surface area contributed by atoms with E-state index in [1.54, 1.807) is 0 Å². The smallest absolute Gasteiger partial charge is 0.173 e. The summed E-state index contributed by atoms with van der Waals surface area (Å²) in [7, 11) is 2.21. The number of nitrogens with zero attached hydrogens (tertiary/aromatic N) is 2. The van der Waals surface area contributed by atoms with Gasteiger partial charge in [0, 0.05) is 17.7 Å². The molecule has 3 nitrogen and oxygen atoms in total. The molecule has 0 unspecified atom stereocenters. The second-order valence-corrected chi connectivity index (χ2v) is 4.30. The zero-order valence-electron chi connectivity index (χ0n) is 10.6. The largest absolute Gasteiger partial charge is 1.00 e. The molecule has 1 atom stereocenters. The number of aromatic nitrogens is 1. The van der Waals surface area contributed by atoms with Crippen molar-refractivity contribution in [2.45, 2.75) is 25.4 Å². The summed E-state index contributed by atoms with van der Waals surface area (Å²) >= 11 is 0. The minimum Gasteiger partial charge on any atom is -1.00 e. The Bertz CT molecular complexity index is 336. The molecule has 1 aliphatic rings. The third-order valence-electron chi connectivity index (χ3n) is 3.17. The van der Waals surface area contributed by atoms with Gasteiger partial charge in [-0.2, -0.15) is 0 Å². The molecule has 0 aliphatic carbocycles. The molecule has 2 rings (SSSR count). The maximum absolute atomic E-state index is 5.56. The third-order valence-corrected chi connectivity index (χ3v) is 3.17. The van der Waals surface area contributed by atoms with Gasteiger partial charge in [0.2, 0.25) is 0 Å². The summed E-state index contributed by atoms with van der Waals surface area (Å²) in [5.41, 5.74) is 6.98. The van der Waals surface area contributed by atoms with Gasteiger partial charge >= 0.3 is 0 Å². The molecule has 2 heterocycles. The fourth-order valence-electron chi connectivity index (χ4n) is 2.36. The highest BCUT2D eigenvalue weighted by molar-refractivity contribution is 5.85. The number of hydrogen-bond donors (Lipinski definition) is 1. The number of likely N-dealkylation sites (tertiary alicyclic amines) is 1. The average Bonchev–Trinajstić information content (AvgIpc) is 2.65. The lowest BCUT2D eigenvalue weighted by molar-refractivity contribution is -0.695. The Kier molecular flexibility index (Phi) is 11.0. The maximum atomic E-state index is 5.56. The number of pyridine rings is 1. The van der Waals surface area contributed by atoms with Crippen LogP contribution in [-0.2, 0) is 6.54 Å². The first kappa shape index (κ1) is 20.3. The van der Waals surface area contributed by atoms with E-state index < -0.39 is 0 Å². The van der Waals surface area contributed by atoms with Crippen molar-refractivity contribution in [1.29, 1.82) is 0 Å². The van der Waals surface area contributed by atoms with Crippen LogP contribution in [-0.4, -0.2) is 25.0 Å². The summed E-state index contributed by atoms with van der Waals surface area (Å²) in [6.07, 6.45) is 6.92. The van der Waals surface area contributed by atoms with Crippen molar-refractivity contribution in [2.75, 3.05) is 20.1 Å². The normalized spacial score (nSPS) is 18.4. The third kappa shape index (κ3) is 4.90. The molecular weight excluding hydrogens is 293 g/mol. The molecular formula is C12H22Cl3N3. The van der Waals surface area contributed by atoms with Gasteiger partial charge in [-0.05, 0) is 32.5 Å². The van der Waals surface area contributed by atoms with Gasteiger partial charge in [-0.1, -0.05) is 0 Å². The molecule has 2 N–H and O–H groups in total. The molecule has 1 aromatic rings. The molecule has 0 spiro atoms. The molecule has 6 heteroatoms. The quantitative estimate of drug-likeness (QED) is 0.693. The van der Waals surface area contributed by atoms with Crippen molar-refractivity contribution in [3.05, 3.63) is 30.1 Å². The van der Waals surface area contributed by atoms with Crippen LogP contribution in [0.1, 0.15) is 24.4 Å². The van der Waals surface area contributed by atoms with E-state index in [1.165, 1.54) is 24.9 Å². The lowest BCUT2D eigenvalue weighted by Crippen LogP contribution is -3.00. The second kappa shape index (κ2) is 9.82. The summed E-state index contributed by atoms with van der Waals surface area (Å²) in [5.74, 6) is 0. The van der Waals surface area contributed by atoms with Crippen molar-refractivity contribution < 1.29 is 17.0 Å². The number of rotatable bonds is 3. The Morgan fingerprint density at radius 1 is 1.44 bits per heavy atom. The van der Waals surface area contributed by atoms with Crippen LogP contribution in [0.25, 0.3) is 0 Å². The Balaban J connectivity index is 0. The van der Waals surface area contributed by atoms with E-state index in [9.17, 15) is 0 Å². The van der Waals surface area contributed by atoms with Gasteiger partial charge in [-0.3, -0.25) is 4.90 Å². The van der Waals surface area contributed by atoms with Crippen LogP contribution in [0, 0.1) is 0 Å². The highest BCUT2D eigenvalue weighted by Crippen LogP contribution is 2.29. The molecule has 18 heavy (non-hydrogen) atoms. The molecule has 1 fully saturated rings. The molecule has 106 valence electrons. The maximum Gasteiger partial charge on any atom is 0.173 e. The Hall–Kier alpha value is -0.0600. The van der Waals surface area contributed by atoms with E-state index in [2.05, 4.69) is 41.0 Å². The molecule has 0 aromatic carbocycles. The zero-order chi connectivity index (χ0) is 10.7.